The number of alkyl carbamates (subject to hydrolysis) is 1. The molecule has 0 saturated heterocycles. The zero-order valence-electron chi connectivity index (χ0n) is 11.1. The third-order valence-corrected chi connectivity index (χ3v) is 2.83. The van der Waals surface area contributed by atoms with Crippen LogP contribution in [0.5, 0.6) is 0 Å². The summed E-state index contributed by atoms with van der Waals surface area (Å²) in [4.78, 5) is 16.4. The predicted molar refractivity (Wildman–Crippen MR) is 74.5 cm³/mol. The lowest BCUT2D eigenvalue weighted by Gasteiger charge is -2.19. The molecule has 5 nitrogen and oxygen atoms in total. The number of carbonyl (C=O) groups is 1. The zero-order valence-corrected chi connectivity index (χ0v) is 11.9. The molecule has 0 aromatic carbocycles. The largest absolute Gasteiger partial charge is 0.444 e. The van der Waals surface area contributed by atoms with Gasteiger partial charge in [-0.25, -0.2) is 9.78 Å². The first kappa shape index (κ1) is 14.5. The van der Waals surface area contributed by atoms with Gasteiger partial charge in [0, 0.05) is 6.54 Å². The van der Waals surface area contributed by atoms with Crippen LogP contribution in [0.2, 0.25) is 0 Å². The highest BCUT2D eigenvalue weighted by molar-refractivity contribution is 7.16. The van der Waals surface area contributed by atoms with Crippen molar-refractivity contribution in [3.63, 3.8) is 0 Å². The SMILES string of the molecule is Cc1nc(N)sc1C=CCNC(=O)OC(C)(C)C. The Kier molecular flexibility index (Phi) is 4.72. The number of ether oxygens (including phenoxy) is 1. The Hall–Kier alpha value is -1.56. The molecule has 0 saturated carbocycles. The quantitative estimate of drug-likeness (QED) is 0.884. The number of carbonyl (C=O) groups excluding carboxylic acids is 1. The molecule has 0 unspecified atom stereocenters. The summed E-state index contributed by atoms with van der Waals surface area (Å²) in [7, 11) is 0. The molecule has 18 heavy (non-hydrogen) atoms. The maximum atomic E-state index is 11.3. The molecule has 100 valence electrons. The highest BCUT2D eigenvalue weighted by Crippen LogP contribution is 2.20. The number of nitrogen functional groups attached to an aromatic ring is 1. The number of nitrogens with zero attached hydrogens (tertiary/aromatic N) is 1. The summed E-state index contributed by atoms with van der Waals surface area (Å²) in [6.45, 7) is 7.78. The Morgan fingerprint density at radius 2 is 2.22 bits per heavy atom. The Morgan fingerprint density at radius 1 is 1.56 bits per heavy atom. The lowest BCUT2D eigenvalue weighted by Crippen LogP contribution is -2.32. The second-order valence-corrected chi connectivity index (χ2v) is 5.85. The van der Waals surface area contributed by atoms with Crippen LogP contribution in [0, 0.1) is 6.92 Å². The van der Waals surface area contributed by atoms with Gasteiger partial charge in [-0.2, -0.15) is 0 Å². The van der Waals surface area contributed by atoms with Gasteiger partial charge in [0.15, 0.2) is 5.13 Å². The monoisotopic (exact) mass is 269 g/mol. The first-order chi connectivity index (χ1) is 8.28. The lowest BCUT2D eigenvalue weighted by atomic mass is 10.2. The van der Waals surface area contributed by atoms with Crippen molar-refractivity contribution in [2.24, 2.45) is 0 Å². The van der Waals surface area contributed by atoms with E-state index in [2.05, 4.69) is 10.3 Å². The summed E-state index contributed by atoms with van der Waals surface area (Å²) >= 11 is 1.42. The maximum Gasteiger partial charge on any atom is 0.407 e. The van der Waals surface area contributed by atoms with Crippen LogP contribution >= 0.6 is 11.3 Å². The molecule has 1 rings (SSSR count). The van der Waals surface area contributed by atoms with Gasteiger partial charge in [0.2, 0.25) is 0 Å². The lowest BCUT2D eigenvalue weighted by molar-refractivity contribution is 0.0534. The second-order valence-electron chi connectivity index (χ2n) is 4.79. The van der Waals surface area contributed by atoms with E-state index in [1.807, 2.05) is 39.8 Å². The molecule has 6 heteroatoms. The fourth-order valence-electron chi connectivity index (χ4n) is 1.21. The number of amides is 1. The number of thiazole rings is 1. The number of aromatic nitrogens is 1. The normalized spacial score (nSPS) is 11.8. The van der Waals surface area contributed by atoms with Crippen LogP contribution in [0.1, 0.15) is 31.3 Å². The van der Waals surface area contributed by atoms with E-state index in [1.54, 1.807) is 0 Å². The maximum absolute atomic E-state index is 11.3. The number of nitrogens with two attached hydrogens (primary N) is 1. The number of hydrogen-bond acceptors (Lipinski definition) is 5. The minimum atomic E-state index is -0.476. The average molecular weight is 269 g/mol. The van der Waals surface area contributed by atoms with Gasteiger partial charge in [0.05, 0.1) is 10.6 Å². The van der Waals surface area contributed by atoms with Crippen molar-refractivity contribution in [3.8, 4) is 0 Å². The van der Waals surface area contributed by atoms with Crippen molar-refractivity contribution >= 4 is 28.6 Å². The van der Waals surface area contributed by atoms with Crippen molar-refractivity contribution in [3.05, 3.63) is 16.6 Å². The fraction of sp³-hybridized carbons (Fsp3) is 0.500. The summed E-state index contributed by atoms with van der Waals surface area (Å²) in [5, 5.41) is 3.19. The molecule has 0 aliphatic carbocycles. The van der Waals surface area contributed by atoms with Gasteiger partial charge in [-0.05, 0) is 33.8 Å². The van der Waals surface area contributed by atoms with E-state index < -0.39 is 11.7 Å². The van der Waals surface area contributed by atoms with E-state index in [0.717, 1.165) is 10.6 Å². The smallest absolute Gasteiger partial charge is 0.407 e. The van der Waals surface area contributed by atoms with Gasteiger partial charge in [0.25, 0.3) is 0 Å². The van der Waals surface area contributed by atoms with Crippen LogP contribution in [0.4, 0.5) is 9.93 Å². The van der Waals surface area contributed by atoms with Crippen molar-refractivity contribution in [1.29, 1.82) is 0 Å². The van der Waals surface area contributed by atoms with Crippen LogP contribution in [0.25, 0.3) is 6.08 Å². The van der Waals surface area contributed by atoms with E-state index in [9.17, 15) is 4.79 Å². The van der Waals surface area contributed by atoms with Crippen LogP contribution < -0.4 is 11.1 Å². The Balaban J connectivity index is 2.38. The summed E-state index contributed by atoms with van der Waals surface area (Å²) in [6, 6.07) is 0. The third kappa shape index (κ3) is 5.18. The summed E-state index contributed by atoms with van der Waals surface area (Å²) in [5.41, 5.74) is 6.00. The van der Waals surface area contributed by atoms with Gasteiger partial charge in [0.1, 0.15) is 5.60 Å². The highest BCUT2D eigenvalue weighted by atomic mass is 32.1. The van der Waals surface area contributed by atoms with Gasteiger partial charge in [-0.3, -0.25) is 0 Å². The molecular weight excluding hydrogens is 250 g/mol. The molecular formula is C12H19N3O2S. The number of nitrogens with one attached hydrogen (secondary N) is 1. The van der Waals surface area contributed by atoms with E-state index in [1.165, 1.54) is 11.3 Å². The number of anilines is 1. The van der Waals surface area contributed by atoms with Gasteiger partial charge in [-0.15, -0.1) is 0 Å². The molecule has 0 aliphatic heterocycles. The first-order valence-corrected chi connectivity index (χ1v) is 6.46. The van der Waals surface area contributed by atoms with Crippen molar-refractivity contribution < 1.29 is 9.53 Å². The van der Waals surface area contributed by atoms with Gasteiger partial charge >= 0.3 is 6.09 Å². The Bertz CT molecular complexity index is 447. The molecule has 1 aromatic heterocycles. The zero-order chi connectivity index (χ0) is 13.8. The molecule has 0 aliphatic rings. The van der Waals surface area contributed by atoms with Crippen LogP contribution in [0.15, 0.2) is 6.08 Å². The minimum Gasteiger partial charge on any atom is -0.444 e. The first-order valence-electron chi connectivity index (χ1n) is 5.64. The Labute approximate surface area is 111 Å². The van der Waals surface area contributed by atoms with Gasteiger partial charge in [-0.1, -0.05) is 17.4 Å². The highest BCUT2D eigenvalue weighted by Gasteiger charge is 2.14. The molecule has 0 fully saturated rings. The summed E-state index contributed by atoms with van der Waals surface area (Å²) in [5.74, 6) is 0. The molecule has 0 atom stereocenters. The summed E-state index contributed by atoms with van der Waals surface area (Å²) in [6.07, 6.45) is 3.30. The van der Waals surface area contributed by atoms with Gasteiger partial charge < -0.3 is 15.8 Å². The standard InChI is InChI=1S/C12H19N3O2S/c1-8-9(18-10(13)15-8)6-5-7-14-11(16)17-12(2,3)4/h5-6H,7H2,1-4H3,(H2,13,15)(H,14,16). The molecule has 0 bridgehead atoms. The predicted octanol–water partition coefficient (Wildman–Crippen LogP) is 2.57. The fourth-order valence-corrected chi connectivity index (χ4v) is 1.97. The number of aryl methyl sites for hydroxylation is 1. The summed E-state index contributed by atoms with van der Waals surface area (Å²) < 4.78 is 5.10. The number of rotatable bonds is 3. The topological polar surface area (TPSA) is 77.2 Å². The van der Waals surface area contributed by atoms with E-state index >= 15 is 0 Å². The van der Waals surface area contributed by atoms with Crippen LogP contribution in [-0.4, -0.2) is 23.2 Å². The van der Waals surface area contributed by atoms with E-state index in [0.29, 0.717) is 11.7 Å². The third-order valence-electron chi connectivity index (χ3n) is 1.88. The minimum absolute atomic E-state index is 0.409. The number of hydrogen-bond donors (Lipinski definition) is 2. The van der Waals surface area contributed by atoms with Crippen LogP contribution in [0.3, 0.4) is 0 Å². The molecule has 1 heterocycles. The molecule has 0 radical (unpaired) electrons. The molecule has 1 amide bonds. The van der Waals surface area contributed by atoms with E-state index in [-0.39, 0.29) is 0 Å². The Morgan fingerprint density at radius 3 is 2.72 bits per heavy atom. The molecule has 3 N–H and O–H groups in total. The van der Waals surface area contributed by atoms with Crippen molar-refractivity contribution in [1.82, 2.24) is 10.3 Å². The van der Waals surface area contributed by atoms with Crippen molar-refractivity contribution in [2.45, 2.75) is 33.3 Å². The van der Waals surface area contributed by atoms with Crippen molar-refractivity contribution in [2.75, 3.05) is 12.3 Å². The average Bonchev–Trinajstić information content (AvgIpc) is 2.49. The molecule has 0 spiro atoms. The molecule has 1 aromatic rings. The van der Waals surface area contributed by atoms with Crippen LogP contribution in [-0.2, 0) is 4.74 Å². The second kappa shape index (κ2) is 5.86. The van der Waals surface area contributed by atoms with E-state index in [4.69, 9.17) is 10.5 Å².